The fourth-order valence-electron chi connectivity index (χ4n) is 2.67. The summed E-state index contributed by atoms with van der Waals surface area (Å²) in [5.41, 5.74) is 3.48. The molecule has 1 heterocycles. The van der Waals surface area contributed by atoms with Gasteiger partial charge in [0.25, 0.3) is 0 Å². The lowest BCUT2D eigenvalue weighted by atomic mass is 10.1. The van der Waals surface area contributed by atoms with E-state index in [-0.39, 0.29) is 0 Å². The lowest BCUT2D eigenvalue weighted by molar-refractivity contribution is 0.127. The molecule has 1 saturated heterocycles. The van der Waals surface area contributed by atoms with Crippen LogP contribution in [-0.2, 0) is 0 Å². The molecule has 18 heavy (non-hydrogen) atoms. The molecular weight excluding hydrogens is 222 g/mol. The normalized spacial score (nSPS) is 21.8. The van der Waals surface area contributed by atoms with Crippen LogP contribution in [0.25, 0.3) is 0 Å². The van der Waals surface area contributed by atoms with Gasteiger partial charge in [0.05, 0.1) is 0 Å². The zero-order valence-electron chi connectivity index (χ0n) is 12.7. The van der Waals surface area contributed by atoms with Crippen LogP contribution >= 0.6 is 0 Å². The van der Waals surface area contributed by atoms with Crippen molar-refractivity contribution in [1.82, 2.24) is 15.6 Å². The van der Waals surface area contributed by atoms with Gasteiger partial charge >= 0.3 is 0 Å². The highest BCUT2D eigenvalue weighted by molar-refractivity contribution is 4.75. The van der Waals surface area contributed by atoms with E-state index in [1.54, 1.807) is 0 Å². The first kappa shape index (κ1) is 15.9. The highest BCUT2D eigenvalue weighted by atomic mass is 15.8. The van der Waals surface area contributed by atoms with Crippen LogP contribution in [0.2, 0.25) is 0 Å². The van der Waals surface area contributed by atoms with Crippen molar-refractivity contribution < 1.29 is 0 Å². The minimum Gasteiger partial charge on any atom is -0.229 e. The minimum atomic E-state index is 0.713. The molecule has 0 radical (unpaired) electrons. The molecule has 1 rings (SSSR count). The molecule has 108 valence electrons. The molecule has 1 unspecified atom stereocenters. The van der Waals surface area contributed by atoms with Crippen molar-refractivity contribution in [3.63, 3.8) is 0 Å². The largest absolute Gasteiger partial charge is 0.229 e. The van der Waals surface area contributed by atoms with E-state index >= 15 is 0 Å². The molecule has 1 aliphatic heterocycles. The molecule has 0 amide bonds. The maximum absolute atomic E-state index is 3.48. The smallest absolute Gasteiger partial charge is 0.0395 e. The SMILES string of the molecule is CCCCCCCCN1CC(CCCC)N(C)N1. The van der Waals surface area contributed by atoms with Crippen LogP contribution in [0.15, 0.2) is 0 Å². The van der Waals surface area contributed by atoms with E-state index in [1.165, 1.54) is 70.9 Å². The first-order valence-corrected chi connectivity index (χ1v) is 8.02. The summed E-state index contributed by atoms with van der Waals surface area (Å²) in [7, 11) is 2.18. The number of nitrogens with zero attached hydrogens (tertiary/aromatic N) is 2. The molecule has 0 saturated carbocycles. The molecule has 0 spiro atoms. The monoisotopic (exact) mass is 255 g/mol. The summed E-state index contributed by atoms with van der Waals surface area (Å²) < 4.78 is 0. The fourth-order valence-corrected chi connectivity index (χ4v) is 2.67. The summed E-state index contributed by atoms with van der Waals surface area (Å²) in [5, 5.41) is 4.70. The Bertz CT molecular complexity index is 196. The third kappa shape index (κ3) is 6.17. The van der Waals surface area contributed by atoms with Gasteiger partial charge in [0.2, 0.25) is 0 Å². The molecule has 0 aromatic rings. The van der Waals surface area contributed by atoms with Crippen molar-refractivity contribution in [1.29, 1.82) is 0 Å². The van der Waals surface area contributed by atoms with Gasteiger partial charge in [0, 0.05) is 26.2 Å². The average molecular weight is 255 g/mol. The molecule has 1 fully saturated rings. The average Bonchev–Trinajstić information content (AvgIpc) is 2.72. The first-order valence-electron chi connectivity index (χ1n) is 8.02. The van der Waals surface area contributed by atoms with Crippen molar-refractivity contribution in [2.45, 2.75) is 77.7 Å². The molecule has 3 nitrogen and oxygen atoms in total. The second kappa shape index (κ2) is 9.76. The summed E-state index contributed by atoms with van der Waals surface area (Å²) in [4.78, 5) is 0. The number of hydrogen-bond acceptors (Lipinski definition) is 3. The molecule has 1 atom stereocenters. The third-order valence-electron chi connectivity index (χ3n) is 3.95. The Morgan fingerprint density at radius 2 is 1.61 bits per heavy atom. The maximum Gasteiger partial charge on any atom is 0.0395 e. The second-order valence-electron chi connectivity index (χ2n) is 5.72. The molecule has 1 aliphatic rings. The van der Waals surface area contributed by atoms with Crippen LogP contribution in [0.4, 0.5) is 0 Å². The summed E-state index contributed by atoms with van der Waals surface area (Å²) >= 11 is 0. The number of hydrogen-bond donors (Lipinski definition) is 1. The number of rotatable bonds is 10. The number of likely N-dealkylation sites (N-methyl/N-ethyl adjacent to an activating group) is 1. The van der Waals surface area contributed by atoms with Crippen LogP contribution in [0, 0.1) is 0 Å². The van der Waals surface area contributed by atoms with Crippen LogP contribution in [0.3, 0.4) is 0 Å². The number of hydrazine groups is 2. The van der Waals surface area contributed by atoms with Gasteiger partial charge in [-0.05, 0) is 12.8 Å². The Balaban J connectivity index is 2.02. The molecular formula is C15H33N3. The highest BCUT2D eigenvalue weighted by Gasteiger charge is 2.25. The van der Waals surface area contributed by atoms with Gasteiger partial charge in [-0.15, -0.1) is 0 Å². The zero-order chi connectivity index (χ0) is 13.2. The van der Waals surface area contributed by atoms with Gasteiger partial charge < -0.3 is 0 Å². The van der Waals surface area contributed by atoms with Crippen molar-refractivity contribution in [3.05, 3.63) is 0 Å². The quantitative estimate of drug-likeness (QED) is 0.602. The van der Waals surface area contributed by atoms with Crippen molar-refractivity contribution in [2.75, 3.05) is 20.1 Å². The Morgan fingerprint density at radius 1 is 0.944 bits per heavy atom. The first-order chi connectivity index (χ1) is 8.77. The van der Waals surface area contributed by atoms with Crippen molar-refractivity contribution >= 4 is 0 Å². The van der Waals surface area contributed by atoms with E-state index in [9.17, 15) is 0 Å². The summed E-state index contributed by atoms with van der Waals surface area (Å²) in [6, 6.07) is 0.713. The van der Waals surface area contributed by atoms with Gasteiger partial charge in [-0.1, -0.05) is 58.8 Å². The van der Waals surface area contributed by atoms with Crippen LogP contribution in [-0.4, -0.2) is 36.2 Å². The van der Waals surface area contributed by atoms with Gasteiger partial charge in [0.15, 0.2) is 0 Å². The summed E-state index contributed by atoms with van der Waals surface area (Å²) in [6.07, 6.45) is 12.3. The molecule has 0 aromatic carbocycles. The van der Waals surface area contributed by atoms with Gasteiger partial charge in [-0.3, -0.25) is 0 Å². The third-order valence-corrected chi connectivity index (χ3v) is 3.95. The lowest BCUT2D eigenvalue weighted by Gasteiger charge is -2.17. The van der Waals surface area contributed by atoms with E-state index < -0.39 is 0 Å². The Hall–Kier alpha value is -0.120. The van der Waals surface area contributed by atoms with Crippen LogP contribution in [0.5, 0.6) is 0 Å². The van der Waals surface area contributed by atoms with Gasteiger partial charge in [-0.25, -0.2) is 10.0 Å². The standard InChI is InChI=1S/C15H33N3/c1-4-6-8-9-10-11-13-18-14-15(12-7-5-2)17(3)16-18/h15-16H,4-14H2,1-3H3. The molecule has 0 bridgehead atoms. The zero-order valence-corrected chi connectivity index (χ0v) is 12.7. The fraction of sp³-hybridized carbons (Fsp3) is 1.00. The van der Waals surface area contributed by atoms with Crippen LogP contribution < -0.4 is 5.53 Å². The Kier molecular flexibility index (Phi) is 8.64. The number of unbranched alkanes of at least 4 members (excludes halogenated alkanes) is 6. The van der Waals surface area contributed by atoms with E-state index in [0.717, 1.165) is 0 Å². The molecule has 0 aliphatic carbocycles. The topological polar surface area (TPSA) is 18.5 Å². The Labute approximate surface area is 114 Å². The van der Waals surface area contributed by atoms with Gasteiger partial charge in [0.1, 0.15) is 0 Å². The molecule has 3 heteroatoms. The van der Waals surface area contributed by atoms with Crippen molar-refractivity contribution in [3.8, 4) is 0 Å². The predicted molar refractivity (Wildman–Crippen MR) is 79.2 cm³/mol. The minimum absolute atomic E-state index is 0.713. The van der Waals surface area contributed by atoms with Gasteiger partial charge in [-0.2, -0.15) is 5.53 Å². The van der Waals surface area contributed by atoms with E-state index in [1.807, 2.05) is 0 Å². The molecule has 1 N–H and O–H groups in total. The summed E-state index contributed by atoms with van der Waals surface area (Å²) in [6.45, 7) is 6.96. The predicted octanol–water partition coefficient (Wildman–Crippen LogP) is 3.57. The second-order valence-corrected chi connectivity index (χ2v) is 5.72. The van der Waals surface area contributed by atoms with E-state index in [2.05, 4.69) is 36.4 Å². The maximum atomic E-state index is 3.48. The highest BCUT2D eigenvalue weighted by Crippen LogP contribution is 2.14. The van der Waals surface area contributed by atoms with E-state index in [0.29, 0.717) is 6.04 Å². The molecule has 0 aromatic heterocycles. The lowest BCUT2D eigenvalue weighted by Crippen LogP contribution is -2.38. The van der Waals surface area contributed by atoms with E-state index in [4.69, 9.17) is 0 Å². The van der Waals surface area contributed by atoms with Crippen LogP contribution in [0.1, 0.15) is 71.6 Å². The Morgan fingerprint density at radius 3 is 2.33 bits per heavy atom. The summed E-state index contributed by atoms with van der Waals surface area (Å²) in [5.74, 6) is 0. The van der Waals surface area contributed by atoms with Crippen molar-refractivity contribution in [2.24, 2.45) is 0 Å². The number of nitrogens with one attached hydrogen (secondary N) is 1.